The maximum absolute atomic E-state index is 6.21. The number of thioether (sulfide) groups is 1. The van der Waals surface area contributed by atoms with Crippen molar-refractivity contribution in [3.05, 3.63) is 38.6 Å². The van der Waals surface area contributed by atoms with Crippen LogP contribution in [0.5, 0.6) is 0 Å². The minimum absolute atomic E-state index is 0.357. The van der Waals surface area contributed by atoms with Gasteiger partial charge in [0.2, 0.25) is 0 Å². The van der Waals surface area contributed by atoms with Crippen molar-refractivity contribution in [3.63, 3.8) is 0 Å². The summed E-state index contributed by atoms with van der Waals surface area (Å²) in [5, 5.41) is 8.04. The summed E-state index contributed by atoms with van der Waals surface area (Å²) in [6.07, 6.45) is 0. The summed E-state index contributed by atoms with van der Waals surface area (Å²) >= 11 is 15.9. The molecular formula is C13H12Cl2N2S2. The quantitative estimate of drug-likeness (QED) is 0.877. The van der Waals surface area contributed by atoms with Gasteiger partial charge in [-0.1, -0.05) is 23.2 Å². The Morgan fingerprint density at radius 3 is 3.00 bits per heavy atom. The van der Waals surface area contributed by atoms with Gasteiger partial charge in [0.05, 0.1) is 16.8 Å². The molecule has 1 aliphatic rings. The average molecular weight is 331 g/mol. The lowest BCUT2D eigenvalue weighted by atomic mass is 10.2. The molecule has 1 atom stereocenters. The monoisotopic (exact) mass is 330 g/mol. The molecule has 19 heavy (non-hydrogen) atoms. The van der Waals surface area contributed by atoms with Crippen LogP contribution in [-0.4, -0.2) is 23.0 Å². The van der Waals surface area contributed by atoms with Crippen LogP contribution in [0.2, 0.25) is 10.0 Å². The van der Waals surface area contributed by atoms with Gasteiger partial charge < -0.3 is 5.32 Å². The third-order valence-electron chi connectivity index (χ3n) is 2.95. The lowest BCUT2D eigenvalue weighted by Crippen LogP contribution is -2.30. The van der Waals surface area contributed by atoms with Gasteiger partial charge in [0, 0.05) is 34.0 Å². The van der Waals surface area contributed by atoms with Crippen molar-refractivity contribution in [1.82, 2.24) is 10.3 Å². The molecule has 0 saturated carbocycles. The molecule has 0 bridgehead atoms. The van der Waals surface area contributed by atoms with Gasteiger partial charge in [-0.05, 0) is 18.2 Å². The van der Waals surface area contributed by atoms with Crippen LogP contribution in [0, 0.1) is 0 Å². The van der Waals surface area contributed by atoms with Gasteiger partial charge in [-0.25, -0.2) is 4.98 Å². The second-order valence-electron chi connectivity index (χ2n) is 4.28. The Morgan fingerprint density at radius 2 is 2.21 bits per heavy atom. The van der Waals surface area contributed by atoms with Crippen LogP contribution in [0.4, 0.5) is 0 Å². The number of nitrogens with zero attached hydrogens (tertiary/aromatic N) is 1. The lowest BCUT2D eigenvalue weighted by Gasteiger charge is -2.20. The van der Waals surface area contributed by atoms with E-state index < -0.39 is 0 Å². The predicted molar refractivity (Wildman–Crippen MR) is 85.6 cm³/mol. The Morgan fingerprint density at radius 1 is 1.32 bits per heavy atom. The first-order chi connectivity index (χ1) is 9.24. The third-order valence-corrected chi connectivity index (χ3v) is 5.53. The predicted octanol–water partition coefficient (Wildman–Crippen LogP) is 4.49. The fourth-order valence-corrected chi connectivity index (χ4v) is 4.32. The molecule has 1 saturated heterocycles. The number of benzene rings is 1. The van der Waals surface area contributed by atoms with E-state index in [1.165, 1.54) is 5.75 Å². The molecule has 6 heteroatoms. The fraction of sp³-hybridized carbons (Fsp3) is 0.308. The average Bonchev–Trinajstić information content (AvgIpc) is 2.92. The molecule has 1 fully saturated rings. The SMILES string of the molecule is Clc1ccc(Cl)c(-c2csc(C3CSCCN3)n2)c1. The first-order valence-electron chi connectivity index (χ1n) is 5.96. The Hall–Kier alpha value is -0.260. The zero-order valence-electron chi connectivity index (χ0n) is 10.0. The maximum atomic E-state index is 6.21. The highest BCUT2D eigenvalue weighted by atomic mass is 35.5. The van der Waals surface area contributed by atoms with Crippen LogP contribution in [0.15, 0.2) is 23.6 Å². The molecule has 3 rings (SSSR count). The summed E-state index contributed by atoms with van der Waals surface area (Å²) in [7, 11) is 0. The minimum Gasteiger partial charge on any atom is -0.306 e. The molecule has 1 aromatic heterocycles. The normalized spacial score (nSPS) is 19.6. The number of hydrogen-bond donors (Lipinski definition) is 1. The zero-order chi connectivity index (χ0) is 13.2. The third kappa shape index (κ3) is 3.09. The van der Waals surface area contributed by atoms with Crippen molar-refractivity contribution in [2.75, 3.05) is 18.1 Å². The molecule has 1 unspecified atom stereocenters. The number of nitrogens with one attached hydrogen (secondary N) is 1. The van der Waals surface area contributed by atoms with E-state index in [-0.39, 0.29) is 0 Å². The molecule has 2 nitrogen and oxygen atoms in total. The van der Waals surface area contributed by atoms with Crippen LogP contribution < -0.4 is 5.32 Å². The Balaban J connectivity index is 1.89. The molecule has 0 radical (unpaired) electrons. The second kappa shape index (κ2) is 6.02. The van der Waals surface area contributed by atoms with Crippen molar-refractivity contribution in [2.45, 2.75) is 6.04 Å². The molecular weight excluding hydrogens is 319 g/mol. The van der Waals surface area contributed by atoms with Crippen LogP contribution in [0.1, 0.15) is 11.0 Å². The van der Waals surface area contributed by atoms with E-state index >= 15 is 0 Å². The molecule has 0 spiro atoms. The van der Waals surface area contributed by atoms with Crippen molar-refractivity contribution in [1.29, 1.82) is 0 Å². The smallest absolute Gasteiger partial charge is 0.111 e. The number of halogens is 2. The molecule has 1 aromatic carbocycles. The second-order valence-corrected chi connectivity index (χ2v) is 7.16. The summed E-state index contributed by atoms with van der Waals surface area (Å²) < 4.78 is 0. The van der Waals surface area contributed by atoms with Gasteiger partial charge in [0.1, 0.15) is 5.01 Å². The Labute approximate surface area is 130 Å². The minimum atomic E-state index is 0.357. The maximum Gasteiger partial charge on any atom is 0.111 e. The summed E-state index contributed by atoms with van der Waals surface area (Å²) in [6.45, 7) is 1.04. The van der Waals surface area contributed by atoms with Crippen molar-refractivity contribution >= 4 is 46.3 Å². The van der Waals surface area contributed by atoms with E-state index in [9.17, 15) is 0 Å². The van der Waals surface area contributed by atoms with E-state index in [4.69, 9.17) is 28.2 Å². The molecule has 2 heterocycles. The number of aromatic nitrogens is 1. The summed E-state index contributed by atoms with van der Waals surface area (Å²) in [4.78, 5) is 4.71. The van der Waals surface area contributed by atoms with E-state index in [1.54, 1.807) is 17.4 Å². The Kier molecular flexibility index (Phi) is 4.34. The van der Waals surface area contributed by atoms with Crippen molar-refractivity contribution < 1.29 is 0 Å². The molecule has 2 aromatic rings. The number of rotatable bonds is 2. The van der Waals surface area contributed by atoms with Gasteiger partial charge in [0.15, 0.2) is 0 Å². The molecule has 0 aliphatic carbocycles. The largest absolute Gasteiger partial charge is 0.306 e. The summed E-state index contributed by atoms with van der Waals surface area (Å²) in [5.74, 6) is 2.26. The standard InChI is InChI=1S/C13H12Cl2N2S2/c14-8-1-2-10(15)9(5-8)11-7-19-13(17-11)12-6-18-4-3-16-12/h1-2,5,7,12,16H,3-4,6H2. The Bertz CT molecular complexity index is 580. The molecule has 1 N–H and O–H groups in total. The van der Waals surface area contributed by atoms with E-state index in [1.807, 2.05) is 29.3 Å². The molecule has 0 amide bonds. The van der Waals surface area contributed by atoms with Gasteiger partial charge in [-0.3, -0.25) is 0 Å². The van der Waals surface area contributed by atoms with Gasteiger partial charge in [0.25, 0.3) is 0 Å². The first-order valence-corrected chi connectivity index (χ1v) is 8.75. The van der Waals surface area contributed by atoms with E-state index in [0.29, 0.717) is 16.1 Å². The highest BCUT2D eigenvalue weighted by Crippen LogP contribution is 2.33. The number of hydrogen-bond acceptors (Lipinski definition) is 4. The van der Waals surface area contributed by atoms with Gasteiger partial charge in [-0.15, -0.1) is 11.3 Å². The zero-order valence-corrected chi connectivity index (χ0v) is 13.2. The summed E-state index contributed by atoms with van der Waals surface area (Å²) in [6, 6.07) is 5.83. The lowest BCUT2D eigenvalue weighted by molar-refractivity contribution is 0.592. The van der Waals surface area contributed by atoms with Crippen LogP contribution >= 0.6 is 46.3 Å². The summed E-state index contributed by atoms with van der Waals surface area (Å²) in [5.41, 5.74) is 1.81. The van der Waals surface area contributed by atoms with Gasteiger partial charge in [-0.2, -0.15) is 11.8 Å². The number of thiazole rings is 1. The van der Waals surface area contributed by atoms with Crippen molar-refractivity contribution in [3.8, 4) is 11.3 Å². The molecule has 1 aliphatic heterocycles. The van der Waals surface area contributed by atoms with E-state index in [0.717, 1.165) is 28.6 Å². The highest BCUT2D eigenvalue weighted by Gasteiger charge is 2.19. The highest BCUT2D eigenvalue weighted by molar-refractivity contribution is 7.99. The van der Waals surface area contributed by atoms with Gasteiger partial charge >= 0.3 is 0 Å². The fourth-order valence-electron chi connectivity index (χ4n) is 1.99. The van der Waals surface area contributed by atoms with Crippen LogP contribution in [0.3, 0.4) is 0 Å². The van der Waals surface area contributed by atoms with Crippen molar-refractivity contribution in [2.24, 2.45) is 0 Å². The van der Waals surface area contributed by atoms with Crippen LogP contribution in [-0.2, 0) is 0 Å². The van der Waals surface area contributed by atoms with E-state index in [2.05, 4.69) is 5.32 Å². The van der Waals surface area contributed by atoms with Crippen LogP contribution in [0.25, 0.3) is 11.3 Å². The topological polar surface area (TPSA) is 24.9 Å². The molecule has 100 valence electrons. The first kappa shape index (κ1) is 13.7.